The fourth-order valence-electron chi connectivity index (χ4n) is 3.90. The van der Waals surface area contributed by atoms with Gasteiger partial charge in [0.05, 0.1) is 24.3 Å². The maximum atomic E-state index is 12.8. The first-order valence-corrected chi connectivity index (χ1v) is 8.81. The molecule has 25 heavy (non-hydrogen) atoms. The zero-order chi connectivity index (χ0) is 17.6. The highest BCUT2D eigenvalue weighted by Gasteiger charge is 2.44. The second-order valence-electron chi connectivity index (χ2n) is 6.91. The van der Waals surface area contributed by atoms with Crippen molar-refractivity contribution in [3.63, 3.8) is 0 Å². The number of carbonyl (C=O) groups is 1. The van der Waals surface area contributed by atoms with Crippen LogP contribution < -0.4 is 0 Å². The Balaban J connectivity index is 1.38. The lowest BCUT2D eigenvalue weighted by Crippen LogP contribution is -2.33. The predicted octanol–water partition coefficient (Wildman–Crippen LogP) is 1.38. The van der Waals surface area contributed by atoms with E-state index in [2.05, 4.69) is 15.3 Å². The predicted molar refractivity (Wildman–Crippen MR) is 88.0 cm³/mol. The van der Waals surface area contributed by atoms with E-state index in [-0.39, 0.29) is 18.1 Å². The third kappa shape index (κ3) is 3.06. The van der Waals surface area contributed by atoms with Gasteiger partial charge in [0.2, 0.25) is 11.8 Å². The summed E-state index contributed by atoms with van der Waals surface area (Å²) in [5.41, 5.74) is 1.54. The number of aromatic nitrogens is 4. The average Bonchev–Trinajstić information content (AvgIpc) is 3.30. The van der Waals surface area contributed by atoms with Gasteiger partial charge in [0.25, 0.3) is 5.91 Å². The summed E-state index contributed by atoms with van der Waals surface area (Å²) in [5.74, 6) is 1.62. The highest BCUT2D eigenvalue weighted by atomic mass is 16.5. The lowest BCUT2D eigenvalue weighted by molar-refractivity contribution is 0.0333. The average molecular weight is 345 g/mol. The second-order valence-corrected chi connectivity index (χ2v) is 6.91. The van der Waals surface area contributed by atoms with Gasteiger partial charge in [0, 0.05) is 32.5 Å². The monoisotopic (exact) mass is 345 g/mol. The third-order valence-corrected chi connectivity index (χ3v) is 4.99. The molecule has 2 fully saturated rings. The summed E-state index contributed by atoms with van der Waals surface area (Å²) in [6.07, 6.45) is 1.75. The van der Waals surface area contributed by atoms with E-state index >= 15 is 0 Å². The molecule has 3 atom stereocenters. The zero-order valence-electron chi connectivity index (χ0n) is 14.8. The number of fused-ring (bicyclic) bond motifs is 1. The molecule has 0 unspecified atom stereocenters. The van der Waals surface area contributed by atoms with Crippen LogP contribution in [-0.2, 0) is 17.7 Å². The molecule has 4 heterocycles. The zero-order valence-corrected chi connectivity index (χ0v) is 14.8. The molecule has 0 spiro atoms. The molecule has 2 aliphatic rings. The third-order valence-electron chi connectivity index (χ3n) is 4.99. The van der Waals surface area contributed by atoms with Gasteiger partial charge in [0.15, 0.2) is 0 Å². The number of nitrogens with zero attached hydrogens (tertiary/aromatic N) is 5. The van der Waals surface area contributed by atoms with Crippen molar-refractivity contribution in [3.8, 4) is 0 Å². The Labute approximate surface area is 146 Å². The number of amides is 1. The number of hydrogen-bond acceptors (Lipinski definition) is 6. The van der Waals surface area contributed by atoms with Crippen LogP contribution in [0.3, 0.4) is 0 Å². The van der Waals surface area contributed by atoms with Crippen LogP contribution in [0.4, 0.5) is 0 Å². The number of carbonyl (C=O) groups excluding carboxylic acids is 1. The molecule has 1 amide bonds. The lowest BCUT2D eigenvalue weighted by Gasteiger charge is -2.19. The molecular weight excluding hydrogens is 322 g/mol. The fourth-order valence-corrected chi connectivity index (χ4v) is 3.90. The minimum absolute atomic E-state index is 0.0459. The van der Waals surface area contributed by atoms with Gasteiger partial charge in [-0.25, -0.2) is 0 Å². The molecule has 4 rings (SSSR count). The number of likely N-dealkylation sites (tertiary alicyclic amines) is 1. The van der Waals surface area contributed by atoms with Crippen molar-refractivity contribution in [2.24, 2.45) is 5.92 Å². The second kappa shape index (κ2) is 6.25. The molecule has 134 valence electrons. The Morgan fingerprint density at radius 3 is 2.84 bits per heavy atom. The van der Waals surface area contributed by atoms with Crippen LogP contribution in [0.25, 0.3) is 0 Å². The van der Waals surface area contributed by atoms with Crippen molar-refractivity contribution >= 4 is 5.91 Å². The Kier molecular flexibility index (Phi) is 4.07. The van der Waals surface area contributed by atoms with Gasteiger partial charge >= 0.3 is 0 Å². The van der Waals surface area contributed by atoms with Crippen molar-refractivity contribution in [1.82, 2.24) is 24.9 Å². The molecule has 0 radical (unpaired) electrons. The van der Waals surface area contributed by atoms with Crippen LogP contribution in [0, 0.1) is 19.8 Å². The topological polar surface area (TPSA) is 86.3 Å². The van der Waals surface area contributed by atoms with E-state index in [9.17, 15) is 4.79 Å². The van der Waals surface area contributed by atoms with Crippen LogP contribution >= 0.6 is 0 Å². The molecule has 2 saturated heterocycles. The smallest absolute Gasteiger partial charge is 0.272 e. The van der Waals surface area contributed by atoms with E-state index in [4.69, 9.17) is 9.15 Å². The van der Waals surface area contributed by atoms with E-state index in [0.29, 0.717) is 42.9 Å². The van der Waals surface area contributed by atoms with Crippen LogP contribution in [-0.4, -0.2) is 56.1 Å². The van der Waals surface area contributed by atoms with Crippen LogP contribution in [0.15, 0.2) is 10.5 Å². The first kappa shape index (κ1) is 16.3. The number of aryl methyl sites for hydroxylation is 3. The van der Waals surface area contributed by atoms with E-state index in [1.54, 1.807) is 11.6 Å². The molecule has 0 aliphatic carbocycles. The van der Waals surface area contributed by atoms with Gasteiger partial charge in [-0.15, -0.1) is 10.2 Å². The molecule has 0 N–H and O–H groups in total. The summed E-state index contributed by atoms with van der Waals surface area (Å²) >= 11 is 0. The first-order valence-electron chi connectivity index (χ1n) is 8.81. The molecule has 8 heteroatoms. The summed E-state index contributed by atoms with van der Waals surface area (Å²) < 4.78 is 13.3. The van der Waals surface area contributed by atoms with Gasteiger partial charge in [0.1, 0.15) is 5.69 Å². The number of ether oxygens (including phenoxy) is 1. The lowest BCUT2D eigenvalue weighted by atomic mass is 10.0. The van der Waals surface area contributed by atoms with Gasteiger partial charge in [-0.05, 0) is 26.3 Å². The van der Waals surface area contributed by atoms with Gasteiger partial charge in [-0.2, -0.15) is 5.10 Å². The Bertz CT molecular complexity index is 769. The Hall–Kier alpha value is -2.22. The maximum absolute atomic E-state index is 12.8. The van der Waals surface area contributed by atoms with Crippen molar-refractivity contribution in [3.05, 3.63) is 29.2 Å². The van der Waals surface area contributed by atoms with E-state index in [0.717, 1.165) is 18.7 Å². The van der Waals surface area contributed by atoms with Gasteiger partial charge < -0.3 is 14.1 Å². The summed E-state index contributed by atoms with van der Waals surface area (Å²) in [4.78, 5) is 14.7. The Morgan fingerprint density at radius 2 is 2.16 bits per heavy atom. The summed E-state index contributed by atoms with van der Waals surface area (Å²) in [5, 5.41) is 12.3. The number of hydrogen-bond donors (Lipinski definition) is 0. The molecule has 8 nitrogen and oxygen atoms in total. The van der Waals surface area contributed by atoms with Crippen molar-refractivity contribution in [2.75, 3.05) is 13.1 Å². The fraction of sp³-hybridized carbons (Fsp3) is 0.647. The van der Waals surface area contributed by atoms with Crippen LogP contribution in [0.5, 0.6) is 0 Å². The summed E-state index contributed by atoms with van der Waals surface area (Å²) in [6, 6.07) is 1.86. The van der Waals surface area contributed by atoms with E-state index < -0.39 is 0 Å². The molecular formula is C17H23N5O3. The molecule has 0 saturated carbocycles. The molecule has 2 aromatic rings. The van der Waals surface area contributed by atoms with Crippen LogP contribution in [0.1, 0.15) is 41.3 Å². The summed E-state index contributed by atoms with van der Waals surface area (Å²) in [6.45, 7) is 7.75. The highest BCUT2D eigenvalue weighted by Crippen LogP contribution is 2.34. The van der Waals surface area contributed by atoms with Crippen molar-refractivity contribution in [2.45, 2.75) is 52.4 Å². The highest BCUT2D eigenvalue weighted by molar-refractivity contribution is 5.93. The quantitative estimate of drug-likeness (QED) is 0.832. The largest absolute Gasteiger partial charge is 0.426 e. The summed E-state index contributed by atoms with van der Waals surface area (Å²) in [7, 11) is 0. The van der Waals surface area contributed by atoms with Crippen LogP contribution in [0.2, 0.25) is 0 Å². The molecule has 0 bridgehead atoms. The van der Waals surface area contributed by atoms with Crippen molar-refractivity contribution in [1.29, 1.82) is 0 Å². The molecule has 2 aliphatic heterocycles. The molecule has 2 aromatic heterocycles. The SMILES string of the molecule is CCn1nc(C)cc1C(=O)N1C[C@H]2C[C@H](Cc3nnc(C)o3)O[C@H]2C1. The minimum Gasteiger partial charge on any atom is -0.426 e. The van der Waals surface area contributed by atoms with Crippen molar-refractivity contribution < 1.29 is 13.9 Å². The van der Waals surface area contributed by atoms with E-state index in [1.165, 1.54) is 0 Å². The van der Waals surface area contributed by atoms with E-state index in [1.807, 2.05) is 24.8 Å². The standard InChI is InChI=1S/C17H23N5O3/c1-4-22-14(5-10(2)20-22)17(23)21-8-12-6-13(25-15(12)9-21)7-16-19-18-11(3)24-16/h5,12-13,15H,4,6-9H2,1-3H3/t12-,13-,15+/m1/s1. The molecule has 0 aromatic carbocycles. The normalized spacial score (nSPS) is 25.6. The maximum Gasteiger partial charge on any atom is 0.272 e. The van der Waals surface area contributed by atoms with Gasteiger partial charge in [-0.3, -0.25) is 9.48 Å². The number of rotatable bonds is 4. The Morgan fingerprint density at radius 1 is 1.32 bits per heavy atom. The minimum atomic E-state index is 0.0459. The van der Waals surface area contributed by atoms with Gasteiger partial charge in [-0.1, -0.05) is 0 Å². The first-order chi connectivity index (χ1) is 12.0.